The van der Waals surface area contributed by atoms with Crippen LogP contribution in [-0.4, -0.2) is 31.2 Å². The normalized spacial score (nSPS) is 17.7. The van der Waals surface area contributed by atoms with Crippen LogP contribution in [0.25, 0.3) is 11.0 Å². The Morgan fingerprint density at radius 1 is 1.24 bits per heavy atom. The highest BCUT2D eigenvalue weighted by Gasteiger charge is 2.14. The van der Waals surface area contributed by atoms with Gasteiger partial charge in [-0.15, -0.1) is 0 Å². The average molecular weight is 296 g/mol. The fourth-order valence-electron chi connectivity index (χ4n) is 2.18. The Morgan fingerprint density at radius 3 is 2.88 bits per heavy atom. The molecule has 1 aromatic carbocycles. The van der Waals surface area contributed by atoms with Crippen molar-refractivity contribution < 1.29 is 9.15 Å². The van der Waals surface area contributed by atoms with Gasteiger partial charge in [-0.1, -0.05) is 15.9 Å². The average Bonchev–Trinajstić information content (AvgIpc) is 2.73. The standard InChI is InChI=1S/C13H14BrNO2/c14-11-1-2-13-12(7-11)10(9-17-13)8-15-3-5-16-6-4-15/h1-2,7,9H,3-6,8H2. The van der Waals surface area contributed by atoms with Crippen molar-refractivity contribution in [3.63, 3.8) is 0 Å². The van der Waals surface area contributed by atoms with Crippen molar-refractivity contribution in [2.24, 2.45) is 0 Å². The Labute approximate surface area is 108 Å². The Balaban J connectivity index is 1.86. The summed E-state index contributed by atoms with van der Waals surface area (Å²) in [5.74, 6) is 0. The van der Waals surface area contributed by atoms with E-state index in [1.807, 2.05) is 18.4 Å². The monoisotopic (exact) mass is 295 g/mol. The summed E-state index contributed by atoms with van der Waals surface area (Å²) in [6, 6.07) is 6.13. The van der Waals surface area contributed by atoms with Gasteiger partial charge >= 0.3 is 0 Å². The molecule has 0 aliphatic carbocycles. The molecule has 90 valence electrons. The van der Waals surface area contributed by atoms with Crippen molar-refractivity contribution >= 4 is 26.9 Å². The summed E-state index contributed by atoms with van der Waals surface area (Å²) >= 11 is 3.50. The Hall–Kier alpha value is -0.840. The first-order valence-corrected chi connectivity index (χ1v) is 6.58. The summed E-state index contributed by atoms with van der Waals surface area (Å²) in [5, 5.41) is 1.20. The van der Waals surface area contributed by atoms with E-state index in [-0.39, 0.29) is 0 Å². The summed E-state index contributed by atoms with van der Waals surface area (Å²) in [6.45, 7) is 4.60. The third-order valence-electron chi connectivity index (χ3n) is 3.11. The number of hydrogen-bond donors (Lipinski definition) is 0. The van der Waals surface area contributed by atoms with Crippen LogP contribution in [0.5, 0.6) is 0 Å². The highest BCUT2D eigenvalue weighted by molar-refractivity contribution is 9.10. The van der Waals surface area contributed by atoms with Crippen LogP contribution < -0.4 is 0 Å². The highest BCUT2D eigenvalue weighted by atomic mass is 79.9. The van der Waals surface area contributed by atoms with Gasteiger partial charge in [-0.3, -0.25) is 4.90 Å². The maximum absolute atomic E-state index is 5.57. The quantitative estimate of drug-likeness (QED) is 0.852. The third kappa shape index (κ3) is 2.39. The number of nitrogens with zero attached hydrogens (tertiary/aromatic N) is 1. The predicted molar refractivity (Wildman–Crippen MR) is 70.0 cm³/mol. The van der Waals surface area contributed by atoms with E-state index in [1.165, 1.54) is 10.9 Å². The molecule has 4 heteroatoms. The van der Waals surface area contributed by atoms with Crippen molar-refractivity contribution in [3.8, 4) is 0 Å². The minimum Gasteiger partial charge on any atom is -0.464 e. The minimum absolute atomic E-state index is 0.833. The van der Waals surface area contributed by atoms with Crippen LogP contribution in [0.15, 0.2) is 33.4 Å². The zero-order chi connectivity index (χ0) is 11.7. The van der Waals surface area contributed by atoms with E-state index in [9.17, 15) is 0 Å². The molecule has 3 rings (SSSR count). The fraction of sp³-hybridized carbons (Fsp3) is 0.385. The predicted octanol–water partition coefficient (Wildman–Crippen LogP) is 3.03. The van der Waals surface area contributed by atoms with Crippen LogP contribution in [0, 0.1) is 0 Å². The molecule has 1 aliphatic heterocycles. The van der Waals surface area contributed by atoms with E-state index >= 15 is 0 Å². The van der Waals surface area contributed by atoms with E-state index in [1.54, 1.807) is 0 Å². The largest absolute Gasteiger partial charge is 0.464 e. The molecule has 17 heavy (non-hydrogen) atoms. The van der Waals surface area contributed by atoms with Gasteiger partial charge in [0, 0.05) is 35.1 Å². The molecule has 0 saturated carbocycles. The molecule has 1 fully saturated rings. The van der Waals surface area contributed by atoms with Crippen molar-refractivity contribution in [2.45, 2.75) is 6.54 Å². The van der Waals surface area contributed by atoms with Gasteiger partial charge in [-0.05, 0) is 18.2 Å². The van der Waals surface area contributed by atoms with Crippen molar-refractivity contribution in [2.75, 3.05) is 26.3 Å². The number of benzene rings is 1. The summed E-state index contributed by atoms with van der Waals surface area (Å²) in [6.07, 6.45) is 1.87. The molecule has 1 aliphatic rings. The number of furan rings is 1. The van der Waals surface area contributed by atoms with E-state index < -0.39 is 0 Å². The summed E-state index contributed by atoms with van der Waals surface area (Å²) in [7, 11) is 0. The van der Waals surface area contributed by atoms with Crippen LogP contribution in [0.2, 0.25) is 0 Å². The van der Waals surface area contributed by atoms with Gasteiger partial charge in [0.1, 0.15) is 5.58 Å². The highest BCUT2D eigenvalue weighted by Crippen LogP contribution is 2.26. The van der Waals surface area contributed by atoms with Crippen molar-refractivity contribution in [1.82, 2.24) is 4.90 Å². The summed E-state index contributed by atoms with van der Waals surface area (Å²) in [4.78, 5) is 2.40. The SMILES string of the molecule is Brc1ccc2occ(CN3CCOCC3)c2c1. The van der Waals surface area contributed by atoms with Gasteiger partial charge in [0.05, 0.1) is 19.5 Å². The van der Waals surface area contributed by atoms with E-state index in [2.05, 4.69) is 26.9 Å². The molecule has 0 bridgehead atoms. The van der Waals surface area contributed by atoms with E-state index in [0.29, 0.717) is 0 Å². The molecule has 1 saturated heterocycles. The number of ether oxygens (including phenoxy) is 1. The molecular weight excluding hydrogens is 282 g/mol. The summed E-state index contributed by atoms with van der Waals surface area (Å²) < 4.78 is 12.0. The second-order valence-corrected chi connectivity index (χ2v) is 5.21. The first kappa shape index (κ1) is 11.3. The first-order chi connectivity index (χ1) is 8.33. The molecule has 0 N–H and O–H groups in total. The lowest BCUT2D eigenvalue weighted by Crippen LogP contribution is -2.35. The second kappa shape index (κ2) is 4.80. The Kier molecular flexibility index (Phi) is 3.18. The zero-order valence-corrected chi connectivity index (χ0v) is 11.1. The third-order valence-corrected chi connectivity index (χ3v) is 3.61. The maximum atomic E-state index is 5.57. The van der Waals surface area contributed by atoms with Crippen LogP contribution in [-0.2, 0) is 11.3 Å². The molecule has 3 nitrogen and oxygen atoms in total. The molecule has 0 radical (unpaired) electrons. The van der Waals surface area contributed by atoms with Crippen LogP contribution in [0.4, 0.5) is 0 Å². The lowest BCUT2D eigenvalue weighted by atomic mass is 10.1. The van der Waals surface area contributed by atoms with Crippen LogP contribution in [0.3, 0.4) is 0 Å². The zero-order valence-electron chi connectivity index (χ0n) is 9.49. The van der Waals surface area contributed by atoms with Gasteiger partial charge < -0.3 is 9.15 Å². The smallest absolute Gasteiger partial charge is 0.134 e. The van der Waals surface area contributed by atoms with Crippen molar-refractivity contribution in [3.05, 3.63) is 34.5 Å². The lowest BCUT2D eigenvalue weighted by molar-refractivity contribution is 0.0342. The molecule has 2 aromatic rings. The molecule has 1 aromatic heterocycles. The van der Waals surface area contributed by atoms with E-state index in [0.717, 1.165) is 42.9 Å². The number of hydrogen-bond acceptors (Lipinski definition) is 3. The fourth-order valence-corrected chi connectivity index (χ4v) is 2.54. The number of halogens is 1. The molecule has 0 amide bonds. The van der Waals surface area contributed by atoms with Gasteiger partial charge in [0.15, 0.2) is 0 Å². The summed E-state index contributed by atoms with van der Waals surface area (Å²) in [5.41, 5.74) is 2.21. The topological polar surface area (TPSA) is 25.6 Å². The minimum atomic E-state index is 0.833. The molecule has 0 unspecified atom stereocenters. The lowest BCUT2D eigenvalue weighted by Gasteiger charge is -2.26. The number of rotatable bonds is 2. The first-order valence-electron chi connectivity index (χ1n) is 5.79. The molecule has 0 spiro atoms. The van der Waals surface area contributed by atoms with Crippen molar-refractivity contribution in [1.29, 1.82) is 0 Å². The maximum Gasteiger partial charge on any atom is 0.134 e. The van der Waals surface area contributed by atoms with Gasteiger partial charge in [-0.25, -0.2) is 0 Å². The number of fused-ring (bicyclic) bond motifs is 1. The number of morpholine rings is 1. The van der Waals surface area contributed by atoms with Gasteiger partial charge in [-0.2, -0.15) is 0 Å². The Morgan fingerprint density at radius 2 is 2.06 bits per heavy atom. The second-order valence-electron chi connectivity index (χ2n) is 4.29. The Bertz CT molecular complexity index is 517. The van der Waals surface area contributed by atoms with E-state index in [4.69, 9.17) is 9.15 Å². The van der Waals surface area contributed by atoms with Crippen LogP contribution >= 0.6 is 15.9 Å². The van der Waals surface area contributed by atoms with Gasteiger partial charge in [0.2, 0.25) is 0 Å². The molecular formula is C13H14BrNO2. The molecule has 0 atom stereocenters. The van der Waals surface area contributed by atoms with Gasteiger partial charge in [0.25, 0.3) is 0 Å². The molecule has 2 heterocycles. The van der Waals surface area contributed by atoms with Crippen LogP contribution in [0.1, 0.15) is 5.56 Å².